The molecule has 1 aliphatic heterocycles. The Bertz CT molecular complexity index is 651. The van der Waals surface area contributed by atoms with Crippen molar-refractivity contribution in [2.24, 2.45) is 0 Å². The topological polar surface area (TPSA) is 78.5 Å². The van der Waals surface area contributed by atoms with Gasteiger partial charge < -0.3 is 10.2 Å². The van der Waals surface area contributed by atoms with Crippen LogP contribution in [0.1, 0.15) is 18.9 Å². The minimum absolute atomic E-state index is 0.0475. The van der Waals surface area contributed by atoms with Crippen molar-refractivity contribution in [1.82, 2.24) is 14.9 Å². The first kappa shape index (κ1) is 17.7. The van der Waals surface area contributed by atoms with E-state index in [1.165, 1.54) is 12.1 Å². The normalized spacial score (nSPS) is 16.4. The van der Waals surface area contributed by atoms with Gasteiger partial charge in [-0.05, 0) is 30.5 Å². The molecule has 1 heterocycles. The van der Waals surface area contributed by atoms with E-state index in [1.807, 2.05) is 0 Å². The molecule has 1 fully saturated rings. The molecule has 2 rings (SSSR count). The lowest BCUT2D eigenvalue weighted by molar-refractivity contribution is 0.197. The summed E-state index contributed by atoms with van der Waals surface area (Å²) in [6.07, 6.45) is 0.911. The number of benzene rings is 1. The van der Waals surface area contributed by atoms with Gasteiger partial charge in [-0.1, -0.05) is 19.1 Å². The predicted molar refractivity (Wildman–Crippen MR) is 86.1 cm³/mol. The first-order chi connectivity index (χ1) is 10.9. The van der Waals surface area contributed by atoms with E-state index in [1.54, 1.807) is 24.0 Å². The van der Waals surface area contributed by atoms with Gasteiger partial charge in [0.15, 0.2) is 0 Å². The van der Waals surface area contributed by atoms with E-state index in [0.717, 1.165) is 5.56 Å². The fourth-order valence-electron chi connectivity index (χ4n) is 2.63. The third kappa shape index (κ3) is 5.18. The highest BCUT2D eigenvalue weighted by Crippen LogP contribution is 2.13. The largest absolute Gasteiger partial charge is 0.336 e. The molecule has 0 saturated carbocycles. The Morgan fingerprint density at radius 3 is 2.83 bits per heavy atom. The second-order valence-corrected chi connectivity index (χ2v) is 7.51. The molecular formula is C15H22FN3O3S. The van der Waals surface area contributed by atoms with Crippen LogP contribution in [0.3, 0.4) is 0 Å². The summed E-state index contributed by atoms with van der Waals surface area (Å²) in [6.45, 7) is 2.94. The molecule has 1 atom stereocenters. The molecule has 0 aromatic heterocycles. The fourth-order valence-corrected chi connectivity index (χ4v) is 3.76. The average molecular weight is 343 g/mol. The van der Waals surface area contributed by atoms with Crippen molar-refractivity contribution >= 4 is 16.1 Å². The summed E-state index contributed by atoms with van der Waals surface area (Å²) in [5.41, 5.74) is 0.726. The molecule has 1 aromatic rings. The number of urea groups is 1. The van der Waals surface area contributed by atoms with Crippen LogP contribution in [0.25, 0.3) is 0 Å². The Balaban J connectivity index is 2.10. The molecule has 6 nitrogen and oxygen atoms in total. The van der Waals surface area contributed by atoms with Gasteiger partial charge >= 0.3 is 6.03 Å². The van der Waals surface area contributed by atoms with E-state index < -0.39 is 10.0 Å². The Kier molecular flexibility index (Phi) is 5.95. The van der Waals surface area contributed by atoms with Crippen LogP contribution in [-0.2, 0) is 16.4 Å². The highest BCUT2D eigenvalue weighted by atomic mass is 32.2. The second-order valence-electron chi connectivity index (χ2n) is 5.58. The Hall–Kier alpha value is -1.67. The molecule has 0 aliphatic carbocycles. The summed E-state index contributed by atoms with van der Waals surface area (Å²) >= 11 is 0. The van der Waals surface area contributed by atoms with E-state index in [0.29, 0.717) is 25.9 Å². The molecule has 128 valence electrons. The molecule has 1 aliphatic rings. The quantitative estimate of drug-likeness (QED) is 0.742. The van der Waals surface area contributed by atoms with Crippen LogP contribution in [0, 0.1) is 5.82 Å². The van der Waals surface area contributed by atoms with Crippen molar-refractivity contribution in [3.8, 4) is 0 Å². The summed E-state index contributed by atoms with van der Waals surface area (Å²) in [4.78, 5) is 13.5. The van der Waals surface area contributed by atoms with Crippen molar-refractivity contribution in [2.75, 3.05) is 25.4 Å². The highest BCUT2D eigenvalue weighted by Gasteiger charge is 2.28. The zero-order valence-corrected chi connectivity index (χ0v) is 13.9. The molecule has 0 radical (unpaired) electrons. The summed E-state index contributed by atoms with van der Waals surface area (Å²) in [6, 6.07) is 5.55. The number of nitrogens with one attached hydrogen (secondary N) is 2. The molecule has 1 unspecified atom stereocenters. The third-order valence-electron chi connectivity index (χ3n) is 3.70. The van der Waals surface area contributed by atoms with Crippen molar-refractivity contribution < 1.29 is 17.6 Å². The number of carbonyl (C=O) groups excluding carboxylic acids is 1. The first-order valence-corrected chi connectivity index (χ1v) is 9.33. The van der Waals surface area contributed by atoms with Gasteiger partial charge in [0.25, 0.3) is 0 Å². The second kappa shape index (κ2) is 7.74. The lowest BCUT2D eigenvalue weighted by Gasteiger charge is -2.27. The summed E-state index contributed by atoms with van der Waals surface area (Å²) in [5.74, 6) is -0.301. The SMILES string of the molecule is CCCS(=O)(=O)NCC(Cc1cccc(F)c1)N1CCNC1=O. The Morgan fingerprint density at radius 2 is 2.22 bits per heavy atom. The van der Waals surface area contributed by atoms with Crippen molar-refractivity contribution in [1.29, 1.82) is 0 Å². The van der Waals surface area contributed by atoms with E-state index in [-0.39, 0.29) is 30.2 Å². The lowest BCUT2D eigenvalue weighted by Crippen LogP contribution is -2.47. The molecular weight excluding hydrogens is 321 g/mol. The smallest absolute Gasteiger partial charge is 0.317 e. The molecule has 23 heavy (non-hydrogen) atoms. The number of rotatable bonds is 8. The molecule has 0 bridgehead atoms. The van der Waals surface area contributed by atoms with E-state index in [4.69, 9.17) is 0 Å². The van der Waals surface area contributed by atoms with E-state index in [9.17, 15) is 17.6 Å². The maximum atomic E-state index is 13.3. The summed E-state index contributed by atoms with van der Waals surface area (Å²) in [7, 11) is -3.36. The molecule has 0 spiro atoms. The van der Waals surface area contributed by atoms with Gasteiger partial charge in [0.1, 0.15) is 5.82 Å². The summed E-state index contributed by atoms with van der Waals surface area (Å²) in [5, 5.41) is 2.71. The number of nitrogens with zero attached hydrogens (tertiary/aromatic N) is 1. The maximum absolute atomic E-state index is 13.3. The number of carbonyl (C=O) groups is 1. The van der Waals surface area contributed by atoms with Gasteiger partial charge in [-0.3, -0.25) is 0 Å². The minimum Gasteiger partial charge on any atom is -0.336 e. The first-order valence-electron chi connectivity index (χ1n) is 7.67. The predicted octanol–water partition coefficient (Wildman–Crippen LogP) is 1.09. The summed E-state index contributed by atoms with van der Waals surface area (Å²) < 4.78 is 39.6. The average Bonchev–Trinajstić information content (AvgIpc) is 2.89. The zero-order chi connectivity index (χ0) is 16.9. The molecule has 2 amide bonds. The number of halogens is 1. The molecule has 1 aromatic carbocycles. The van der Waals surface area contributed by atoms with Crippen molar-refractivity contribution in [3.05, 3.63) is 35.6 Å². The van der Waals surface area contributed by atoms with Crippen LogP contribution in [0.2, 0.25) is 0 Å². The van der Waals surface area contributed by atoms with Gasteiger partial charge in [0, 0.05) is 19.6 Å². The third-order valence-corrected chi connectivity index (χ3v) is 5.25. The Labute approximate surface area is 136 Å². The van der Waals surface area contributed by atoms with E-state index >= 15 is 0 Å². The van der Waals surface area contributed by atoms with Crippen LogP contribution in [0.15, 0.2) is 24.3 Å². The number of hydrogen-bond acceptors (Lipinski definition) is 3. The number of hydrogen-bond donors (Lipinski definition) is 2. The van der Waals surface area contributed by atoms with Crippen LogP contribution < -0.4 is 10.0 Å². The van der Waals surface area contributed by atoms with Crippen LogP contribution in [-0.4, -0.2) is 50.8 Å². The van der Waals surface area contributed by atoms with Crippen LogP contribution in [0.5, 0.6) is 0 Å². The standard InChI is InChI=1S/C15H22FN3O3S/c1-2-8-23(21,22)18-11-14(19-7-6-17-15(19)20)10-12-4-3-5-13(16)9-12/h3-5,9,14,18H,2,6-8,10-11H2,1H3,(H,17,20). The molecule has 2 N–H and O–H groups in total. The monoisotopic (exact) mass is 343 g/mol. The lowest BCUT2D eigenvalue weighted by atomic mass is 10.0. The van der Waals surface area contributed by atoms with Gasteiger partial charge in [-0.25, -0.2) is 22.3 Å². The van der Waals surface area contributed by atoms with Crippen LogP contribution >= 0.6 is 0 Å². The number of sulfonamides is 1. The maximum Gasteiger partial charge on any atom is 0.317 e. The fraction of sp³-hybridized carbons (Fsp3) is 0.533. The van der Waals surface area contributed by atoms with Crippen LogP contribution in [0.4, 0.5) is 9.18 Å². The molecule has 1 saturated heterocycles. The van der Waals surface area contributed by atoms with Gasteiger partial charge in [-0.15, -0.1) is 0 Å². The minimum atomic E-state index is -3.36. The van der Waals surface area contributed by atoms with Gasteiger partial charge in [-0.2, -0.15) is 0 Å². The van der Waals surface area contributed by atoms with E-state index in [2.05, 4.69) is 10.0 Å². The van der Waals surface area contributed by atoms with Gasteiger partial charge in [0.2, 0.25) is 10.0 Å². The van der Waals surface area contributed by atoms with Crippen molar-refractivity contribution in [2.45, 2.75) is 25.8 Å². The molecule has 8 heteroatoms. The number of amides is 2. The Morgan fingerprint density at radius 1 is 1.43 bits per heavy atom. The van der Waals surface area contributed by atoms with Crippen molar-refractivity contribution in [3.63, 3.8) is 0 Å². The highest BCUT2D eigenvalue weighted by molar-refractivity contribution is 7.89. The van der Waals surface area contributed by atoms with Gasteiger partial charge in [0.05, 0.1) is 11.8 Å². The zero-order valence-electron chi connectivity index (χ0n) is 13.1.